The van der Waals surface area contributed by atoms with Gasteiger partial charge in [0.25, 0.3) is 0 Å². The fourth-order valence-electron chi connectivity index (χ4n) is 4.09. The highest BCUT2D eigenvalue weighted by atomic mass is 32.2. The highest BCUT2D eigenvalue weighted by Crippen LogP contribution is 2.31. The topological polar surface area (TPSA) is 108 Å². The minimum absolute atomic E-state index is 0.0709. The van der Waals surface area contributed by atoms with Gasteiger partial charge in [0, 0.05) is 29.9 Å². The molecule has 2 aromatic carbocycles. The summed E-state index contributed by atoms with van der Waals surface area (Å²) >= 11 is 3.15. The number of hydrogen-bond acceptors (Lipinski definition) is 9. The maximum Gasteiger partial charge on any atom is 0.204 e. The third-order valence-electron chi connectivity index (χ3n) is 6.66. The number of hydrogen-bond donors (Lipinski definition) is 1. The molecule has 0 saturated heterocycles. The van der Waals surface area contributed by atoms with Crippen LogP contribution in [0.2, 0.25) is 0 Å². The number of nitrogen functional groups attached to an aromatic ring is 1. The van der Waals surface area contributed by atoms with Crippen molar-refractivity contribution in [2.24, 2.45) is 0 Å². The molecular weight excluding hydrogens is 555 g/mol. The molecule has 1 atom stereocenters. The van der Waals surface area contributed by atoms with E-state index in [1.54, 1.807) is 18.0 Å². The normalized spacial score (nSPS) is 12.3. The van der Waals surface area contributed by atoms with Gasteiger partial charge in [-0.25, -0.2) is 9.97 Å². The number of thioether (sulfide) groups is 1. The van der Waals surface area contributed by atoms with E-state index in [0.29, 0.717) is 49.6 Å². The molecule has 4 aromatic rings. The molecule has 0 aliphatic carbocycles. The molecule has 0 fully saturated rings. The second kappa shape index (κ2) is 14.0. The van der Waals surface area contributed by atoms with Crippen LogP contribution in [0.3, 0.4) is 0 Å². The molecule has 0 aliphatic heterocycles. The van der Waals surface area contributed by atoms with E-state index in [9.17, 15) is 9.59 Å². The maximum absolute atomic E-state index is 13.0. The molecule has 2 N–H and O–H groups in total. The van der Waals surface area contributed by atoms with Crippen molar-refractivity contribution in [2.45, 2.75) is 74.7 Å². The van der Waals surface area contributed by atoms with Crippen molar-refractivity contribution in [3.63, 3.8) is 0 Å². The highest BCUT2D eigenvalue weighted by molar-refractivity contribution is 8.00. The van der Waals surface area contributed by atoms with Crippen LogP contribution in [0.15, 0.2) is 69.6 Å². The van der Waals surface area contributed by atoms with Crippen molar-refractivity contribution in [1.29, 1.82) is 0 Å². The zero-order valence-electron chi connectivity index (χ0n) is 24.0. The third kappa shape index (κ3) is 9.03. The van der Waals surface area contributed by atoms with Crippen LogP contribution in [-0.2, 0) is 33.6 Å². The number of para-hydroxylation sites is 1. The lowest BCUT2D eigenvalue weighted by Gasteiger charge is -2.12. The molecule has 9 heteroatoms. The minimum atomic E-state index is -0.254. The molecule has 2 heterocycles. The van der Waals surface area contributed by atoms with Gasteiger partial charge in [-0.1, -0.05) is 58.0 Å². The second-order valence-electron chi connectivity index (χ2n) is 11.0. The first-order valence-corrected chi connectivity index (χ1v) is 15.5. The van der Waals surface area contributed by atoms with Crippen LogP contribution >= 0.6 is 23.1 Å². The number of rotatable bonds is 14. The van der Waals surface area contributed by atoms with E-state index in [1.807, 2.05) is 61.7 Å². The third-order valence-corrected chi connectivity index (χ3v) is 8.84. The lowest BCUT2D eigenvalue weighted by atomic mass is 9.94. The summed E-state index contributed by atoms with van der Waals surface area (Å²) < 4.78 is 12.7. The Hall–Kier alpha value is -3.43. The molecule has 2 aromatic heterocycles. The summed E-state index contributed by atoms with van der Waals surface area (Å²) in [5.41, 5.74) is 8.30. The summed E-state index contributed by atoms with van der Waals surface area (Å²) in [7, 11) is 0. The van der Waals surface area contributed by atoms with Gasteiger partial charge in [-0.3, -0.25) is 9.59 Å². The minimum Gasteiger partial charge on any atom is -0.494 e. The lowest BCUT2D eigenvalue weighted by Crippen LogP contribution is -2.12. The lowest BCUT2D eigenvalue weighted by molar-refractivity contribution is -0.120. The summed E-state index contributed by atoms with van der Waals surface area (Å²) in [5, 5.41) is 0.802. The zero-order valence-corrected chi connectivity index (χ0v) is 25.6. The first kappa shape index (κ1) is 30.5. The number of nitrogens with zero attached hydrogens (tertiary/aromatic N) is 2. The Morgan fingerprint density at radius 2 is 1.80 bits per heavy atom. The van der Waals surface area contributed by atoms with Gasteiger partial charge >= 0.3 is 0 Å². The van der Waals surface area contributed by atoms with Gasteiger partial charge in [-0.05, 0) is 35.7 Å². The number of Topliss-reactive ketones (excluding diaryl/α,β-unsaturated/α-hetero) is 2. The van der Waals surface area contributed by atoms with Crippen LogP contribution < -0.4 is 10.5 Å². The summed E-state index contributed by atoms with van der Waals surface area (Å²) in [4.78, 5) is 34.1. The second-order valence-corrected chi connectivity index (χ2v) is 13.4. The molecule has 0 bridgehead atoms. The number of carbonyl (C=O) groups excluding carboxylic acids is 2. The average Bonchev–Trinajstić information content (AvgIpc) is 3.61. The first-order chi connectivity index (χ1) is 19.6. The van der Waals surface area contributed by atoms with E-state index >= 15 is 0 Å². The quantitative estimate of drug-likeness (QED) is 0.0932. The number of benzene rings is 2. The Morgan fingerprint density at radius 1 is 1.05 bits per heavy atom. The number of anilines is 1. The number of thiazole rings is 1. The van der Waals surface area contributed by atoms with Crippen molar-refractivity contribution in [3.8, 4) is 5.75 Å². The molecule has 0 saturated carbocycles. The predicted octanol–water partition coefficient (Wildman–Crippen LogP) is 7.19. The van der Waals surface area contributed by atoms with Gasteiger partial charge in [0.15, 0.2) is 0 Å². The Bertz CT molecular complexity index is 1450. The molecule has 7 nitrogen and oxygen atoms in total. The average molecular weight is 592 g/mol. The number of carbonyl (C=O) groups is 2. The summed E-state index contributed by atoms with van der Waals surface area (Å²) in [6.07, 6.45) is 5.31. The number of nitrogens with two attached hydrogens (primary N) is 1. The molecule has 0 amide bonds. The van der Waals surface area contributed by atoms with Gasteiger partial charge < -0.3 is 14.9 Å². The van der Waals surface area contributed by atoms with Crippen LogP contribution in [0.25, 0.3) is 0 Å². The SMILES string of the molecule is CC(C(=O)Cc1ncc(SCc2ncc(C(C)(C)C)o2)s1)c1ccc(OCCCC(=O)Cc2ccccc2N)cc1. The van der Waals surface area contributed by atoms with Gasteiger partial charge in [0.2, 0.25) is 5.89 Å². The molecular formula is C32H37N3O4S2. The Kier molecular flexibility index (Phi) is 10.4. The molecule has 216 valence electrons. The zero-order chi connectivity index (χ0) is 29.4. The molecule has 4 rings (SSSR count). The maximum atomic E-state index is 13.0. The van der Waals surface area contributed by atoms with Crippen molar-refractivity contribution >= 4 is 40.4 Å². The Morgan fingerprint density at radius 3 is 2.51 bits per heavy atom. The summed E-state index contributed by atoms with van der Waals surface area (Å²) in [5.74, 6) is 2.90. The van der Waals surface area contributed by atoms with Crippen LogP contribution in [0.1, 0.15) is 74.2 Å². The van der Waals surface area contributed by atoms with E-state index in [4.69, 9.17) is 14.9 Å². The van der Waals surface area contributed by atoms with Gasteiger partial charge in [0.1, 0.15) is 28.1 Å². The van der Waals surface area contributed by atoms with Crippen molar-refractivity contribution < 1.29 is 18.7 Å². The fraction of sp³-hybridized carbons (Fsp3) is 0.375. The van der Waals surface area contributed by atoms with E-state index in [2.05, 4.69) is 30.7 Å². The number of ketones is 2. The highest BCUT2D eigenvalue weighted by Gasteiger charge is 2.20. The standard InChI is InChI=1S/C32H37N3O4S2/c1-21(27(37)17-30-35-19-31(41-30)40-20-29-34-18-28(39-29)32(2,3)4)22-11-13-25(14-12-22)38-15-7-9-24(36)16-23-8-5-6-10-26(23)33/h5-6,8,10-14,18-19,21H,7,9,15-17,20,33H2,1-4H3. The van der Waals surface area contributed by atoms with Gasteiger partial charge in [-0.2, -0.15) is 0 Å². The molecule has 0 aliphatic rings. The number of aromatic nitrogens is 2. The molecule has 1 unspecified atom stereocenters. The van der Waals surface area contributed by atoms with Crippen molar-refractivity contribution in [3.05, 3.63) is 88.7 Å². The van der Waals surface area contributed by atoms with E-state index < -0.39 is 0 Å². The van der Waals surface area contributed by atoms with E-state index in [0.717, 1.165) is 31.9 Å². The van der Waals surface area contributed by atoms with Gasteiger partial charge in [-0.15, -0.1) is 23.1 Å². The van der Waals surface area contributed by atoms with Gasteiger partial charge in [0.05, 0.1) is 35.4 Å². The van der Waals surface area contributed by atoms with Crippen molar-refractivity contribution in [1.82, 2.24) is 9.97 Å². The van der Waals surface area contributed by atoms with Crippen LogP contribution in [0.5, 0.6) is 5.75 Å². The van der Waals surface area contributed by atoms with Crippen LogP contribution in [-0.4, -0.2) is 28.1 Å². The van der Waals surface area contributed by atoms with E-state index in [-0.39, 0.29) is 22.9 Å². The predicted molar refractivity (Wildman–Crippen MR) is 165 cm³/mol. The molecule has 0 spiro atoms. The monoisotopic (exact) mass is 591 g/mol. The summed E-state index contributed by atoms with van der Waals surface area (Å²) in [6.45, 7) is 8.65. The largest absolute Gasteiger partial charge is 0.494 e. The van der Waals surface area contributed by atoms with E-state index in [1.165, 1.54) is 11.3 Å². The Labute approximate surface area is 249 Å². The molecule has 41 heavy (non-hydrogen) atoms. The Balaban J connectivity index is 1.18. The first-order valence-electron chi connectivity index (χ1n) is 13.7. The smallest absolute Gasteiger partial charge is 0.204 e. The number of ether oxygens (including phenoxy) is 1. The molecule has 0 radical (unpaired) electrons. The number of oxazole rings is 1. The fourth-order valence-corrected chi connectivity index (χ4v) is 5.98. The summed E-state index contributed by atoms with van der Waals surface area (Å²) in [6, 6.07) is 15.0. The van der Waals surface area contributed by atoms with Crippen LogP contribution in [0, 0.1) is 0 Å². The van der Waals surface area contributed by atoms with Crippen molar-refractivity contribution in [2.75, 3.05) is 12.3 Å². The van der Waals surface area contributed by atoms with Crippen LogP contribution in [0.4, 0.5) is 5.69 Å².